The lowest BCUT2D eigenvalue weighted by Crippen LogP contribution is -2.75. The van der Waals surface area contributed by atoms with Crippen molar-refractivity contribution in [2.75, 3.05) is 0 Å². The van der Waals surface area contributed by atoms with E-state index in [1.807, 2.05) is 30.3 Å². The van der Waals surface area contributed by atoms with E-state index in [-0.39, 0.29) is 5.78 Å². The number of aryl methyl sites for hydroxylation is 1. The summed E-state index contributed by atoms with van der Waals surface area (Å²) >= 11 is 0. The third-order valence-electron chi connectivity index (χ3n) is 16.2. The highest BCUT2D eigenvalue weighted by Crippen LogP contribution is 2.42. The summed E-state index contributed by atoms with van der Waals surface area (Å²) in [5, 5.41) is 1.19. The predicted molar refractivity (Wildman–Crippen MR) is 308 cm³/mol. The van der Waals surface area contributed by atoms with Crippen molar-refractivity contribution >= 4 is 44.7 Å². The van der Waals surface area contributed by atoms with E-state index < -0.39 is 195 Å². The maximum Gasteiger partial charge on any atom is 0.416 e. The van der Waals surface area contributed by atoms with Crippen molar-refractivity contribution in [3.05, 3.63) is 195 Å². The first kappa shape index (κ1) is 75.8. The predicted octanol–water partition coefficient (Wildman–Crippen LogP) is 21.0. The highest BCUT2D eigenvalue weighted by molar-refractivity contribution is 7.20. The standard InChI is InChI=1S/C35H50NO.C32H12BF24/c1-2-3-4-5-6-7-8-9-10-11-12-13-14-15-16-20-26-33-29-28-31-23-21-22-27-34(31)36(33)30-35(37)32-24-18-17-19-25-32;34-25(35,36)13-1-14(26(37,38)39)6-21(5-13)33(22-7-15(27(40,41)42)2-16(8-22)28(43,44)45,23-9-17(29(46,47)48)3-18(10-23)30(49,50)51)24-11-19(31(52,53)54)4-20(12-24)32(55,56)57/h17-19,21-25,27-29H,2-16,20,26,30H2,1H3;1-12H/q+1;-1. The van der Waals surface area contributed by atoms with Crippen LogP contribution in [-0.4, -0.2) is 11.9 Å². The van der Waals surface area contributed by atoms with Gasteiger partial charge in [-0.05, 0) is 42.8 Å². The fourth-order valence-corrected chi connectivity index (χ4v) is 11.5. The smallest absolute Gasteiger partial charge is 0.287 e. The van der Waals surface area contributed by atoms with Crippen LogP contribution in [0, 0.1) is 0 Å². The van der Waals surface area contributed by atoms with Crippen molar-refractivity contribution in [3.63, 3.8) is 0 Å². The fourth-order valence-electron chi connectivity index (χ4n) is 11.5. The van der Waals surface area contributed by atoms with Crippen LogP contribution in [0.25, 0.3) is 10.9 Å². The highest BCUT2D eigenvalue weighted by Gasteiger charge is 2.47. The second-order valence-electron chi connectivity index (χ2n) is 23.0. The normalized spacial score (nSPS) is 13.1. The number of ketones is 1. The Morgan fingerprint density at radius 2 is 0.585 bits per heavy atom. The van der Waals surface area contributed by atoms with Crippen LogP contribution in [-0.2, 0) is 62.4 Å². The Kier molecular flexibility index (Phi) is 24.7. The summed E-state index contributed by atoms with van der Waals surface area (Å²) in [5.74, 6) is 0.176. The molecule has 2 nitrogen and oxygen atoms in total. The lowest BCUT2D eigenvalue weighted by molar-refractivity contribution is -0.664. The first-order valence-corrected chi connectivity index (χ1v) is 29.9. The first-order chi connectivity index (χ1) is 43.6. The average molecular weight is 1360 g/mol. The van der Waals surface area contributed by atoms with Gasteiger partial charge in [0.05, 0.1) is 44.5 Å². The number of carbonyl (C=O) groups is 1. The first-order valence-electron chi connectivity index (χ1n) is 29.9. The fraction of sp³-hybridized carbons (Fsp3) is 0.403. The van der Waals surface area contributed by atoms with E-state index in [4.69, 9.17) is 0 Å². The van der Waals surface area contributed by atoms with Gasteiger partial charge < -0.3 is 0 Å². The Labute approximate surface area is 525 Å². The summed E-state index contributed by atoms with van der Waals surface area (Å²) in [7, 11) is 0. The molecule has 0 saturated carbocycles. The zero-order chi connectivity index (χ0) is 69.9. The largest absolute Gasteiger partial charge is 0.416 e. The maximum atomic E-state index is 14.2. The van der Waals surface area contributed by atoms with Gasteiger partial charge in [0.1, 0.15) is 6.15 Å². The van der Waals surface area contributed by atoms with Crippen molar-refractivity contribution in [1.29, 1.82) is 0 Å². The van der Waals surface area contributed by atoms with Gasteiger partial charge in [0.15, 0.2) is 5.69 Å². The molecule has 1 heterocycles. The molecule has 27 heteroatoms. The zero-order valence-corrected chi connectivity index (χ0v) is 50.0. The number of hydrogen-bond donors (Lipinski definition) is 0. The molecule has 7 rings (SSSR count). The van der Waals surface area contributed by atoms with Crippen LogP contribution in [0.15, 0.2) is 140 Å². The summed E-state index contributed by atoms with van der Waals surface area (Å²) in [6.07, 6.45) is -31.6. The summed E-state index contributed by atoms with van der Waals surface area (Å²) in [4.78, 5) is 13.0. The quantitative estimate of drug-likeness (QED) is 0.0194. The van der Waals surface area contributed by atoms with Crippen LogP contribution >= 0.6 is 0 Å². The van der Waals surface area contributed by atoms with Gasteiger partial charge >= 0.3 is 49.4 Å². The number of unbranched alkanes of at least 4 members (excludes halogenated alkanes) is 15. The lowest BCUT2D eigenvalue weighted by Gasteiger charge is -2.46. The molecule has 6 aromatic carbocycles. The number of hydrogen-bond acceptors (Lipinski definition) is 1. The highest BCUT2D eigenvalue weighted by atomic mass is 19.4. The minimum atomic E-state index is -6.13. The molecule has 1 aromatic heterocycles. The average Bonchev–Trinajstić information content (AvgIpc) is 0.709. The van der Waals surface area contributed by atoms with Gasteiger partial charge in [0.2, 0.25) is 17.8 Å². The molecular formula is C67H62BF24NO. The Morgan fingerprint density at radius 1 is 0.319 bits per heavy atom. The summed E-state index contributed by atoms with van der Waals surface area (Å²) in [6, 6.07) is 13.7. The minimum Gasteiger partial charge on any atom is -0.287 e. The van der Waals surface area contributed by atoms with Gasteiger partial charge in [0.25, 0.3) is 0 Å². The monoisotopic (exact) mass is 1360 g/mol. The van der Waals surface area contributed by atoms with E-state index in [0.717, 1.165) is 17.5 Å². The second kappa shape index (κ2) is 30.7. The molecule has 0 atom stereocenters. The number of aromatic nitrogens is 1. The van der Waals surface area contributed by atoms with Crippen molar-refractivity contribution in [2.24, 2.45) is 0 Å². The van der Waals surface area contributed by atoms with Crippen molar-refractivity contribution < 1.29 is 115 Å². The molecule has 0 radical (unpaired) electrons. The van der Waals surface area contributed by atoms with Gasteiger partial charge in [-0.1, -0.05) is 194 Å². The topological polar surface area (TPSA) is 20.9 Å². The van der Waals surface area contributed by atoms with Gasteiger partial charge in [-0.15, -0.1) is 0 Å². The Morgan fingerprint density at radius 3 is 0.872 bits per heavy atom. The van der Waals surface area contributed by atoms with Crippen LogP contribution < -0.4 is 26.4 Å². The Hall–Kier alpha value is -7.22. The Balaban J connectivity index is 0.000000326. The number of carbonyl (C=O) groups excluding carboxylic acids is 1. The third kappa shape index (κ3) is 20.4. The van der Waals surface area contributed by atoms with E-state index in [1.165, 1.54) is 114 Å². The lowest BCUT2D eigenvalue weighted by atomic mass is 9.12. The molecule has 0 unspecified atom stereocenters. The molecule has 0 aliphatic heterocycles. The number of pyridine rings is 1. The van der Waals surface area contributed by atoms with Crippen LogP contribution in [0.5, 0.6) is 0 Å². The summed E-state index contributed by atoms with van der Waals surface area (Å²) in [6.45, 7) is 2.69. The molecule has 0 bridgehead atoms. The second-order valence-corrected chi connectivity index (χ2v) is 23.0. The molecule has 94 heavy (non-hydrogen) atoms. The van der Waals surface area contributed by atoms with Crippen molar-refractivity contribution in [2.45, 2.75) is 172 Å². The summed E-state index contributed by atoms with van der Waals surface area (Å²) in [5.41, 5.74) is -27.0. The molecule has 0 N–H and O–H groups in total. The van der Waals surface area contributed by atoms with E-state index in [0.29, 0.717) is 6.54 Å². The summed E-state index contributed by atoms with van der Waals surface area (Å²) < 4.78 is 343. The number of rotatable bonds is 24. The number of benzene rings is 6. The molecule has 7 aromatic rings. The van der Waals surface area contributed by atoms with Crippen molar-refractivity contribution in [3.8, 4) is 0 Å². The van der Waals surface area contributed by atoms with Crippen LogP contribution in [0.1, 0.15) is 170 Å². The number of alkyl halides is 24. The van der Waals surface area contributed by atoms with Crippen molar-refractivity contribution in [1.82, 2.24) is 0 Å². The van der Waals surface area contributed by atoms with E-state index >= 15 is 0 Å². The molecule has 0 aliphatic carbocycles. The van der Waals surface area contributed by atoms with Gasteiger partial charge in [-0.2, -0.15) is 132 Å². The SMILES string of the molecule is CCCCCCCCCCCCCCCCCCc1ccc2ccccc2[n+]1CC(=O)c1ccccc1.FC(F)(F)c1cc([B-](c2cc(C(F)(F)F)cc(C(F)(F)F)c2)(c2cc(C(F)(F)F)cc(C(F)(F)F)c2)c2cc(C(F)(F)F)cc(C(F)(F)F)c2)cc(C(F)(F)F)c1. The molecule has 0 fully saturated rings. The number of para-hydroxylation sites is 1. The van der Waals surface area contributed by atoms with E-state index in [1.54, 1.807) is 0 Å². The number of fused-ring (bicyclic) bond motifs is 1. The molecule has 0 aliphatic rings. The molecule has 0 saturated heterocycles. The number of nitrogens with zero attached hydrogens (tertiary/aromatic N) is 1. The van der Waals surface area contributed by atoms with Gasteiger partial charge in [-0.25, -0.2) is 0 Å². The van der Waals surface area contributed by atoms with Crippen LogP contribution in [0.2, 0.25) is 0 Å². The minimum absolute atomic E-state index is 0.176. The molecular weight excluding hydrogens is 1300 g/mol. The third-order valence-corrected chi connectivity index (χ3v) is 16.2. The maximum absolute atomic E-state index is 14.2. The molecule has 0 spiro atoms. The molecule has 0 amide bonds. The zero-order valence-electron chi connectivity index (χ0n) is 50.0. The van der Waals surface area contributed by atoms with Crippen LogP contribution in [0.4, 0.5) is 105 Å². The van der Waals surface area contributed by atoms with E-state index in [2.05, 4.69) is 47.9 Å². The van der Waals surface area contributed by atoms with Crippen LogP contribution in [0.3, 0.4) is 0 Å². The Bertz CT molecular complexity index is 3190. The van der Waals surface area contributed by atoms with E-state index in [9.17, 15) is 110 Å². The van der Waals surface area contributed by atoms with Gasteiger partial charge in [-0.3, -0.25) is 4.79 Å². The molecule has 512 valence electrons. The number of halogens is 24. The van der Waals surface area contributed by atoms with Gasteiger partial charge in [0, 0.05) is 29.5 Å². The number of Topliss-reactive ketones (excluding diaryl/α,β-unsaturated/α-hetero) is 1.